The average Bonchev–Trinajstić information content (AvgIpc) is 2.72. The number of anilines is 1. The van der Waals surface area contributed by atoms with Gasteiger partial charge in [0, 0.05) is 16.8 Å². The average molecular weight is 438 g/mol. The van der Waals surface area contributed by atoms with Crippen molar-refractivity contribution in [3.05, 3.63) is 100 Å². The summed E-state index contributed by atoms with van der Waals surface area (Å²) in [6.07, 6.45) is 1.54. The normalized spacial score (nSPS) is 16.2. The summed E-state index contributed by atoms with van der Waals surface area (Å²) in [4.78, 5) is 25.3. The number of benzene rings is 3. The molecular weight excluding hydrogens is 422 g/mol. The number of halogens is 1. The number of ketones is 1. The Kier molecular flexibility index (Phi) is 5.28. The molecule has 0 atom stereocenters. The Morgan fingerprint density at radius 3 is 2.50 bits per heavy atom. The van der Waals surface area contributed by atoms with Crippen LogP contribution in [0, 0.1) is 0 Å². The zero-order valence-electron chi connectivity index (χ0n) is 15.6. The highest BCUT2D eigenvalue weighted by Gasteiger charge is 2.32. The fourth-order valence-electron chi connectivity index (χ4n) is 3.30. The third kappa shape index (κ3) is 3.92. The molecular formula is C23H16ClNO4S. The number of amides is 1. The van der Waals surface area contributed by atoms with Gasteiger partial charge in [-0.2, -0.15) is 0 Å². The number of hydrogen-bond acceptors (Lipinski definition) is 4. The molecule has 0 saturated heterocycles. The number of nitrogens with one attached hydrogen (secondary N) is 1. The van der Waals surface area contributed by atoms with Gasteiger partial charge in [0.05, 0.1) is 21.2 Å². The molecule has 0 aromatic heterocycles. The number of rotatable bonds is 3. The third-order valence-electron chi connectivity index (χ3n) is 4.71. The summed E-state index contributed by atoms with van der Waals surface area (Å²) in [7, 11) is -3.59. The molecule has 3 aromatic carbocycles. The van der Waals surface area contributed by atoms with E-state index in [1.165, 1.54) is 12.1 Å². The van der Waals surface area contributed by atoms with Crippen molar-refractivity contribution in [2.75, 3.05) is 11.1 Å². The fraction of sp³-hybridized carbons (Fsp3) is 0.0435. The summed E-state index contributed by atoms with van der Waals surface area (Å²) < 4.78 is 25.1. The number of sulfone groups is 1. The van der Waals surface area contributed by atoms with Gasteiger partial charge in [0.15, 0.2) is 15.6 Å². The van der Waals surface area contributed by atoms with Gasteiger partial charge in [0.1, 0.15) is 0 Å². The quantitative estimate of drug-likeness (QED) is 0.605. The second kappa shape index (κ2) is 7.89. The second-order valence-corrected chi connectivity index (χ2v) is 9.18. The fourth-order valence-corrected chi connectivity index (χ4v) is 5.09. The minimum atomic E-state index is -3.59. The Morgan fingerprint density at radius 1 is 0.967 bits per heavy atom. The summed E-state index contributed by atoms with van der Waals surface area (Å²) in [5.74, 6) is -1.04. The molecule has 4 rings (SSSR count). The minimum absolute atomic E-state index is 0.0629. The lowest BCUT2D eigenvalue weighted by Gasteiger charge is -2.17. The van der Waals surface area contributed by atoms with Gasteiger partial charge in [-0.05, 0) is 48.0 Å². The molecule has 1 N–H and O–H groups in total. The van der Waals surface area contributed by atoms with E-state index in [2.05, 4.69) is 5.32 Å². The molecule has 1 aliphatic rings. The molecule has 1 heterocycles. The lowest BCUT2D eigenvalue weighted by molar-refractivity contribution is 0.102. The molecule has 0 radical (unpaired) electrons. The minimum Gasteiger partial charge on any atom is -0.322 e. The second-order valence-electron chi connectivity index (χ2n) is 6.81. The monoisotopic (exact) mass is 437 g/mol. The molecule has 0 aliphatic carbocycles. The van der Waals surface area contributed by atoms with Crippen molar-refractivity contribution >= 4 is 44.9 Å². The number of Topliss-reactive ketones (excluding diaryl/α,β-unsaturated/α-hetero) is 1. The number of hydrogen-bond donors (Lipinski definition) is 1. The van der Waals surface area contributed by atoms with Crippen LogP contribution in [0.3, 0.4) is 0 Å². The maximum absolute atomic E-state index is 12.8. The summed E-state index contributed by atoms with van der Waals surface area (Å²) in [6.45, 7) is 0. The zero-order chi connectivity index (χ0) is 21.3. The van der Waals surface area contributed by atoms with Gasteiger partial charge >= 0.3 is 0 Å². The first-order valence-electron chi connectivity index (χ1n) is 9.08. The first kappa shape index (κ1) is 20.1. The van der Waals surface area contributed by atoms with E-state index in [1.807, 2.05) is 0 Å². The molecule has 30 heavy (non-hydrogen) atoms. The van der Waals surface area contributed by atoms with Crippen molar-refractivity contribution in [1.29, 1.82) is 0 Å². The first-order chi connectivity index (χ1) is 14.3. The van der Waals surface area contributed by atoms with Gasteiger partial charge in [0.2, 0.25) is 0 Å². The zero-order valence-corrected chi connectivity index (χ0v) is 17.2. The van der Waals surface area contributed by atoms with Crippen molar-refractivity contribution in [1.82, 2.24) is 0 Å². The predicted octanol–water partition coefficient (Wildman–Crippen LogP) is 4.65. The number of carbonyl (C=O) groups is 2. The Labute approximate surface area is 178 Å². The Balaban J connectivity index is 1.64. The lowest BCUT2D eigenvalue weighted by Crippen LogP contribution is -2.24. The van der Waals surface area contributed by atoms with Crippen LogP contribution < -0.4 is 5.32 Å². The highest BCUT2D eigenvalue weighted by molar-refractivity contribution is 7.91. The van der Waals surface area contributed by atoms with Gasteiger partial charge in [0.25, 0.3) is 5.91 Å². The lowest BCUT2D eigenvalue weighted by atomic mass is 10.0. The third-order valence-corrected chi connectivity index (χ3v) is 6.75. The maximum Gasteiger partial charge on any atom is 0.257 e. The molecule has 0 fully saturated rings. The smallest absolute Gasteiger partial charge is 0.257 e. The van der Waals surface area contributed by atoms with E-state index in [9.17, 15) is 18.0 Å². The molecule has 3 aromatic rings. The van der Waals surface area contributed by atoms with Crippen molar-refractivity contribution in [3.8, 4) is 0 Å². The largest absolute Gasteiger partial charge is 0.322 e. The van der Waals surface area contributed by atoms with Crippen LogP contribution in [-0.4, -0.2) is 25.9 Å². The predicted molar refractivity (Wildman–Crippen MR) is 117 cm³/mol. The van der Waals surface area contributed by atoms with Crippen molar-refractivity contribution in [3.63, 3.8) is 0 Å². The number of fused-ring (bicyclic) bond motifs is 1. The van der Waals surface area contributed by atoms with Crippen LogP contribution in [0.4, 0.5) is 5.69 Å². The molecule has 0 saturated carbocycles. The van der Waals surface area contributed by atoms with Crippen LogP contribution in [0.25, 0.3) is 6.08 Å². The Morgan fingerprint density at radius 2 is 1.70 bits per heavy atom. The Bertz CT molecular complexity index is 1310. The number of carbonyl (C=O) groups excluding carboxylic acids is 2. The van der Waals surface area contributed by atoms with Gasteiger partial charge in [-0.15, -0.1) is 0 Å². The van der Waals surface area contributed by atoms with Crippen LogP contribution in [-0.2, 0) is 9.84 Å². The Hall–Kier alpha value is -3.22. The summed E-state index contributed by atoms with van der Waals surface area (Å²) in [5, 5.41) is 3.10. The summed E-state index contributed by atoms with van der Waals surface area (Å²) in [5.41, 5.74) is 1.81. The highest BCUT2D eigenvalue weighted by Crippen LogP contribution is 2.29. The van der Waals surface area contributed by atoms with Gasteiger partial charge < -0.3 is 5.32 Å². The maximum atomic E-state index is 12.8. The van der Waals surface area contributed by atoms with Gasteiger partial charge in [-0.25, -0.2) is 8.42 Å². The van der Waals surface area contributed by atoms with E-state index in [4.69, 9.17) is 11.6 Å². The summed E-state index contributed by atoms with van der Waals surface area (Å²) >= 11 is 6.06. The molecule has 7 heteroatoms. The molecule has 1 aliphatic heterocycles. The van der Waals surface area contributed by atoms with E-state index in [0.717, 1.165) is 0 Å². The van der Waals surface area contributed by atoms with E-state index >= 15 is 0 Å². The standard InChI is InChI=1S/C23H16ClNO4S/c24-20-10-3-1-8-18(20)23(27)25-17-7-5-6-15(13-17)12-16-14-30(28,29)21-11-4-2-9-19(21)22(16)26/h1-13H,14H2,(H,25,27)/b16-12+. The van der Waals surface area contributed by atoms with Crippen molar-refractivity contribution in [2.45, 2.75) is 4.90 Å². The molecule has 0 unspecified atom stereocenters. The highest BCUT2D eigenvalue weighted by atomic mass is 35.5. The van der Waals surface area contributed by atoms with E-state index in [1.54, 1.807) is 66.7 Å². The van der Waals surface area contributed by atoms with E-state index in [-0.39, 0.29) is 33.5 Å². The first-order valence-corrected chi connectivity index (χ1v) is 11.1. The van der Waals surface area contributed by atoms with Crippen LogP contribution in [0.1, 0.15) is 26.3 Å². The molecule has 0 bridgehead atoms. The molecule has 5 nitrogen and oxygen atoms in total. The van der Waals surface area contributed by atoms with Crippen LogP contribution in [0.2, 0.25) is 5.02 Å². The van der Waals surface area contributed by atoms with Crippen LogP contribution in [0.15, 0.2) is 83.3 Å². The van der Waals surface area contributed by atoms with E-state index < -0.39 is 9.84 Å². The van der Waals surface area contributed by atoms with Crippen molar-refractivity contribution < 1.29 is 18.0 Å². The van der Waals surface area contributed by atoms with Crippen LogP contribution in [0.5, 0.6) is 0 Å². The summed E-state index contributed by atoms with van der Waals surface area (Å²) in [6, 6.07) is 19.7. The SMILES string of the molecule is O=C(Nc1cccc(/C=C2\CS(=O)(=O)c3ccccc3C2=O)c1)c1ccccc1Cl. The van der Waals surface area contributed by atoms with Gasteiger partial charge in [-0.1, -0.05) is 48.0 Å². The topological polar surface area (TPSA) is 80.3 Å². The molecule has 150 valence electrons. The van der Waals surface area contributed by atoms with E-state index in [0.29, 0.717) is 21.8 Å². The molecule has 1 amide bonds. The van der Waals surface area contributed by atoms with Crippen molar-refractivity contribution in [2.24, 2.45) is 0 Å². The molecule has 0 spiro atoms. The van der Waals surface area contributed by atoms with Gasteiger partial charge in [-0.3, -0.25) is 9.59 Å². The van der Waals surface area contributed by atoms with Crippen LogP contribution >= 0.6 is 11.6 Å².